The van der Waals surface area contributed by atoms with Gasteiger partial charge in [0.05, 0.1) is 5.92 Å². The zero-order valence-corrected chi connectivity index (χ0v) is 9.04. The van der Waals surface area contributed by atoms with E-state index in [4.69, 9.17) is 0 Å². The number of hydrogen-bond donors (Lipinski definition) is 1. The second kappa shape index (κ2) is 4.94. The van der Waals surface area contributed by atoms with E-state index in [0.29, 0.717) is 6.54 Å². The van der Waals surface area contributed by atoms with E-state index in [0.717, 1.165) is 18.7 Å². The van der Waals surface area contributed by atoms with Crippen LogP contribution in [-0.2, 0) is 4.79 Å². The van der Waals surface area contributed by atoms with Crippen LogP contribution in [0.3, 0.4) is 0 Å². The zero-order chi connectivity index (χ0) is 11.4. The van der Waals surface area contributed by atoms with Crippen LogP contribution in [0.1, 0.15) is 11.5 Å². The number of rotatable bonds is 4. The van der Waals surface area contributed by atoms with Crippen molar-refractivity contribution in [3.05, 3.63) is 48.0 Å². The number of aliphatic carboxylic acids is 1. The van der Waals surface area contributed by atoms with Gasteiger partial charge in [0.1, 0.15) is 0 Å². The first-order valence-electron chi connectivity index (χ1n) is 5.42. The van der Waals surface area contributed by atoms with Crippen molar-refractivity contribution >= 4 is 5.97 Å². The molecule has 1 N–H and O–H groups in total. The molecule has 0 radical (unpaired) electrons. The molecule has 0 fully saturated rings. The van der Waals surface area contributed by atoms with Crippen LogP contribution in [0.5, 0.6) is 0 Å². The molecule has 1 aromatic rings. The smallest absolute Gasteiger partial charge is 0.312 e. The van der Waals surface area contributed by atoms with Crippen LogP contribution in [0.2, 0.25) is 0 Å². The SMILES string of the molecule is O=C(O)C(CN1CC=CC1)c1ccccc1. The van der Waals surface area contributed by atoms with Crippen LogP contribution in [0.4, 0.5) is 0 Å². The van der Waals surface area contributed by atoms with Gasteiger partial charge >= 0.3 is 5.97 Å². The fourth-order valence-electron chi connectivity index (χ4n) is 1.94. The van der Waals surface area contributed by atoms with Gasteiger partial charge in [0.25, 0.3) is 0 Å². The molecule has 1 atom stereocenters. The molecule has 0 spiro atoms. The van der Waals surface area contributed by atoms with Crippen LogP contribution in [-0.4, -0.2) is 35.6 Å². The first kappa shape index (κ1) is 10.9. The number of benzene rings is 1. The quantitative estimate of drug-likeness (QED) is 0.781. The Hall–Kier alpha value is -1.61. The summed E-state index contributed by atoms with van der Waals surface area (Å²) in [6.07, 6.45) is 4.15. The van der Waals surface area contributed by atoms with Gasteiger partial charge in [0, 0.05) is 19.6 Å². The average molecular weight is 217 g/mol. The van der Waals surface area contributed by atoms with E-state index in [-0.39, 0.29) is 0 Å². The van der Waals surface area contributed by atoms with Crippen molar-refractivity contribution in [3.63, 3.8) is 0 Å². The molecule has 3 nitrogen and oxygen atoms in total. The van der Waals surface area contributed by atoms with Gasteiger partial charge in [0.15, 0.2) is 0 Å². The molecule has 0 saturated heterocycles. The first-order chi connectivity index (χ1) is 7.77. The van der Waals surface area contributed by atoms with Crippen LogP contribution in [0.15, 0.2) is 42.5 Å². The third-order valence-corrected chi connectivity index (χ3v) is 2.83. The Balaban J connectivity index is 2.08. The second-order valence-electron chi connectivity index (χ2n) is 3.99. The molecule has 0 aliphatic carbocycles. The van der Waals surface area contributed by atoms with Gasteiger partial charge in [-0.2, -0.15) is 0 Å². The van der Waals surface area contributed by atoms with E-state index >= 15 is 0 Å². The van der Waals surface area contributed by atoms with Crippen molar-refractivity contribution in [3.8, 4) is 0 Å². The molecule has 1 unspecified atom stereocenters. The highest BCUT2D eigenvalue weighted by Gasteiger charge is 2.22. The third-order valence-electron chi connectivity index (χ3n) is 2.83. The largest absolute Gasteiger partial charge is 0.481 e. The second-order valence-corrected chi connectivity index (χ2v) is 3.99. The topological polar surface area (TPSA) is 40.5 Å². The maximum atomic E-state index is 11.2. The Kier molecular flexibility index (Phi) is 3.37. The Morgan fingerprint density at radius 1 is 1.25 bits per heavy atom. The molecule has 0 bridgehead atoms. The Morgan fingerprint density at radius 3 is 2.44 bits per heavy atom. The lowest BCUT2D eigenvalue weighted by Crippen LogP contribution is -2.30. The Labute approximate surface area is 95.0 Å². The van der Waals surface area contributed by atoms with Gasteiger partial charge in [-0.05, 0) is 5.56 Å². The number of carbonyl (C=O) groups is 1. The lowest BCUT2D eigenvalue weighted by Gasteiger charge is -2.20. The molecule has 1 aliphatic rings. The summed E-state index contributed by atoms with van der Waals surface area (Å²) < 4.78 is 0. The van der Waals surface area contributed by atoms with Crippen molar-refractivity contribution in [2.45, 2.75) is 5.92 Å². The Morgan fingerprint density at radius 2 is 1.88 bits per heavy atom. The number of carboxylic acid groups (broad SMARTS) is 1. The van der Waals surface area contributed by atoms with Gasteiger partial charge < -0.3 is 5.11 Å². The minimum atomic E-state index is -0.752. The summed E-state index contributed by atoms with van der Waals surface area (Å²) in [5, 5.41) is 9.24. The van der Waals surface area contributed by atoms with E-state index in [1.807, 2.05) is 30.3 Å². The maximum Gasteiger partial charge on any atom is 0.312 e. The first-order valence-corrected chi connectivity index (χ1v) is 5.42. The molecule has 1 aromatic carbocycles. The van der Waals surface area contributed by atoms with Crippen molar-refractivity contribution in [2.24, 2.45) is 0 Å². The maximum absolute atomic E-state index is 11.2. The van der Waals surface area contributed by atoms with Gasteiger partial charge in [-0.1, -0.05) is 42.5 Å². The lowest BCUT2D eigenvalue weighted by atomic mass is 9.99. The van der Waals surface area contributed by atoms with Crippen LogP contribution in [0, 0.1) is 0 Å². The van der Waals surface area contributed by atoms with E-state index in [1.165, 1.54) is 0 Å². The lowest BCUT2D eigenvalue weighted by molar-refractivity contribution is -0.139. The van der Waals surface area contributed by atoms with E-state index < -0.39 is 11.9 Å². The highest BCUT2D eigenvalue weighted by atomic mass is 16.4. The summed E-state index contributed by atoms with van der Waals surface area (Å²) in [7, 11) is 0. The standard InChI is InChI=1S/C13H15NO2/c15-13(16)12(10-14-8-4-5-9-14)11-6-2-1-3-7-11/h1-7,12H,8-10H2,(H,15,16). The third kappa shape index (κ3) is 2.49. The summed E-state index contributed by atoms with van der Waals surface area (Å²) in [5.74, 6) is -1.18. The molecule has 0 aromatic heterocycles. The molecule has 3 heteroatoms. The predicted molar refractivity (Wildman–Crippen MR) is 62.4 cm³/mol. The molecular weight excluding hydrogens is 202 g/mol. The summed E-state index contributed by atoms with van der Waals surface area (Å²) in [6, 6.07) is 9.42. The minimum absolute atomic E-state index is 0.430. The fraction of sp³-hybridized carbons (Fsp3) is 0.308. The highest BCUT2D eigenvalue weighted by Crippen LogP contribution is 2.18. The fourth-order valence-corrected chi connectivity index (χ4v) is 1.94. The van der Waals surface area contributed by atoms with E-state index in [2.05, 4.69) is 17.1 Å². The van der Waals surface area contributed by atoms with Crippen LogP contribution < -0.4 is 0 Å². The molecule has 1 heterocycles. The van der Waals surface area contributed by atoms with Crippen LogP contribution >= 0.6 is 0 Å². The predicted octanol–water partition coefficient (Wildman–Crippen LogP) is 1.73. The van der Waals surface area contributed by atoms with Gasteiger partial charge in [-0.3, -0.25) is 9.69 Å². The molecule has 0 amide bonds. The van der Waals surface area contributed by atoms with Gasteiger partial charge in [-0.25, -0.2) is 0 Å². The number of nitrogens with zero attached hydrogens (tertiary/aromatic N) is 1. The summed E-state index contributed by atoms with van der Waals surface area (Å²) in [6.45, 7) is 2.29. The number of carboxylic acids is 1. The van der Waals surface area contributed by atoms with Crippen molar-refractivity contribution in [1.29, 1.82) is 0 Å². The van der Waals surface area contributed by atoms with E-state index in [1.54, 1.807) is 0 Å². The van der Waals surface area contributed by atoms with Crippen molar-refractivity contribution in [1.82, 2.24) is 4.90 Å². The molecule has 16 heavy (non-hydrogen) atoms. The normalized spacial score (nSPS) is 17.5. The van der Waals surface area contributed by atoms with Gasteiger partial charge in [0.2, 0.25) is 0 Å². The molecule has 0 saturated carbocycles. The molecule has 1 aliphatic heterocycles. The average Bonchev–Trinajstić information content (AvgIpc) is 2.79. The summed E-state index contributed by atoms with van der Waals surface area (Å²) in [4.78, 5) is 13.4. The highest BCUT2D eigenvalue weighted by molar-refractivity contribution is 5.76. The summed E-state index contributed by atoms with van der Waals surface area (Å²) in [5.41, 5.74) is 0.877. The molecule has 84 valence electrons. The minimum Gasteiger partial charge on any atom is -0.481 e. The number of hydrogen-bond acceptors (Lipinski definition) is 2. The molecular formula is C13H15NO2. The summed E-state index contributed by atoms with van der Waals surface area (Å²) >= 11 is 0. The Bertz CT molecular complexity index is 378. The monoisotopic (exact) mass is 217 g/mol. The van der Waals surface area contributed by atoms with Crippen molar-refractivity contribution in [2.75, 3.05) is 19.6 Å². The van der Waals surface area contributed by atoms with Gasteiger partial charge in [-0.15, -0.1) is 0 Å². The molecule has 2 rings (SSSR count). The van der Waals surface area contributed by atoms with Crippen molar-refractivity contribution < 1.29 is 9.90 Å². The van der Waals surface area contributed by atoms with E-state index in [9.17, 15) is 9.90 Å². The zero-order valence-electron chi connectivity index (χ0n) is 9.04. The van der Waals surface area contributed by atoms with Crippen LogP contribution in [0.25, 0.3) is 0 Å².